The van der Waals surface area contributed by atoms with Crippen LogP contribution < -0.4 is 5.32 Å². The van der Waals surface area contributed by atoms with Crippen LogP contribution in [-0.4, -0.2) is 52.0 Å². The van der Waals surface area contributed by atoms with E-state index in [1.165, 1.54) is 15.7 Å². The maximum Gasteiger partial charge on any atom is 0.323 e. The molecule has 18 heavy (non-hydrogen) atoms. The van der Waals surface area contributed by atoms with Crippen molar-refractivity contribution in [3.63, 3.8) is 0 Å². The lowest BCUT2D eigenvalue weighted by Gasteiger charge is -2.26. The highest BCUT2D eigenvalue weighted by Crippen LogP contribution is 2.08. The van der Waals surface area contributed by atoms with E-state index >= 15 is 0 Å². The minimum Gasteiger partial charge on any atom is -0.480 e. The molecule has 2 heterocycles. The second kappa shape index (κ2) is 4.91. The van der Waals surface area contributed by atoms with Crippen molar-refractivity contribution in [2.45, 2.75) is 6.54 Å². The number of hydrogen-bond donors (Lipinski definition) is 2. The molecule has 1 saturated heterocycles. The first-order valence-corrected chi connectivity index (χ1v) is 5.51. The van der Waals surface area contributed by atoms with Crippen molar-refractivity contribution in [2.24, 2.45) is 0 Å². The first-order valence-electron chi connectivity index (χ1n) is 5.51. The van der Waals surface area contributed by atoms with Crippen LogP contribution in [0.3, 0.4) is 0 Å². The summed E-state index contributed by atoms with van der Waals surface area (Å²) in [6, 6.07) is 3.16. The number of carbonyl (C=O) groups is 3. The third-order valence-corrected chi connectivity index (χ3v) is 2.68. The van der Waals surface area contributed by atoms with Crippen molar-refractivity contribution < 1.29 is 19.5 Å². The molecule has 1 aromatic heterocycles. The smallest absolute Gasteiger partial charge is 0.323 e. The van der Waals surface area contributed by atoms with Gasteiger partial charge in [0.05, 0.1) is 6.54 Å². The topological polar surface area (TPSA) is 91.6 Å². The minimum atomic E-state index is -1.02. The van der Waals surface area contributed by atoms with Gasteiger partial charge in [0.2, 0.25) is 5.91 Å². The van der Waals surface area contributed by atoms with Crippen LogP contribution in [0.2, 0.25) is 0 Å². The first-order chi connectivity index (χ1) is 8.58. The van der Waals surface area contributed by atoms with Gasteiger partial charge in [-0.15, -0.1) is 0 Å². The molecule has 96 valence electrons. The molecule has 0 aliphatic carbocycles. The lowest BCUT2D eigenvalue weighted by molar-refractivity contribution is -0.137. The third-order valence-electron chi connectivity index (χ3n) is 2.68. The Morgan fingerprint density at radius 1 is 1.44 bits per heavy atom. The number of amides is 2. The number of aromatic nitrogens is 1. The van der Waals surface area contributed by atoms with Gasteiger partial charge in [-0.05, 0) is 12.1 Å². The summed E-state index contributed by atoms with van der Waals surface area (Å²) in [5, 5.41) is 11.4. The molecule has 0 unspecified atom stereocenters. The number of nitrogens with zero attached hydrogens (tertiary/aromatic N) is 2. The standard InChI is InChI=1S/C11H13N3O4/c15-9-6-14(5-3-12-9)11(18)8-2-1-4-13(8)7-10(16)17/h1-2,4H,3,5-7H2,(H,12,15)(H,16,17). The summed E-state index contributed by atoms with van der Waals surface area (Å²) in [4.78, 5) is 35.4. The quantitative estimate of drug-likeness (QED) is 0.731. The summed E-state index contributed by atoms with van der Waals surface area (Å²) in [7, 11) is 0. The van der Waals surface area contributed by atoms with Gasteiger partial charge in [0.1, 0.15) is 12.2 Å². The normalized spacial score (nSPS) is 15.3. The molecule has 0 spiro atoms. The Morgan fingerprint density at radius 2 is 2.22 bits per heavy atom. The molecule has 1 aliphatic rings. The summed E-state index contributed by atoms with van der Waals surface area (Å²) in [5.74, 6) is -1.54. The average molecular weight is 251 g/mol. The Balaban J connectivity index is 2.15. The van der Waals surface area contributed by atoms with Crippen molar-refractivity contribution in [1.82, 2.24) is 14.8 Å². The summed E-state index contributed by atoms with van der Waals surface area (Å²) in [6.07, 6.45) is 1.53. The highest BCUT2D eigenvalue weighted by Gasteiger charge is 2.24. The van der Waals surface area contributed by atoms with Gasteiger partial charge >= 0.3 is 5.97 Å². The Kier molecular flexibility index (Phi) is 3.31. The molecular formula is C11H13N3O4. The molecule has 0 radical (unpaired) electrons. The zero-order chi connectivity index (χ0) is 13.1. The molecule has 0 saturated carbocycles. The van der Waals surface area contributed by atoms with Gasteiger partial charge < -0.3 is 19.9 Å². The van der Waals surface area contributed by atoms with Crippen molar-refractivity contribution in [1.29, 1.82) is 0 Å². The van der Waals surface area contributed by atoms with Crippen molar-refractivity contribution in [3.8, 4) is 0 Å². The maximum atomic E-state index is 12.1. The van der Waals surface area contributed by atoms with Crippen LogP contribution in [0.5, 0.6) is 0 Å². The van der Waals surface area contributed by atoms with Crippen LogP contribution in [-0.2, 0) is 16.1 Å². The lowest BCUT2D eigenvalue weighted by Crippen LogP contribution is -2.50. The molecule has 0 bridgehead atoms. The molecule has 7 heteroatoms. The van der Waals surface area contributed by atoms with Crippen LogP contribution in [0.15, 0.2) is 18.3 Å². The van der Waals surface area contributed by atoms with Gasteiger partial charge in [-0.1, -0.05) is 0 Å². The third kappa shape index (κ3) is 2.50. The summed E-state index contributed by atoms with van der Waals surface area (Å²) in [6.45, 7) is 0.595. The number of carboxylic acid groups (broad SMARTS) is 1. The minimum absolute atomic E-state index is 0.0110. The fraction of sp³-hybridized carbons (Fsp3) is 0.364. The Labute approximate surface area is 103 Å². The number of piperazine rings is 1. The fourth-order valence-electron chi connectivity index (χ4n) is 1.87. The van der Waals surface area contributed by atoms with Crippen LogP contribution in [0.1, 0.15) is 10.5 Å². The Morgan fingerprint density at radius 3 is 2.89 bits per heavy atom. The number of nitrogens with one attached hydrogen (secondary N) is 1. The van der Waals surface area contributed by atoms with Crippen LogP contribution >= 0.6 is 0 Å². The molecule has 1 fully saturated rings. The number of aliphatic carboxylic acids is 1. The van der Waals surface area contributed by atoms with Crippen LogP contribution in [0.4, 0.5) is 0 Å². The van der Waals surface area contributed by atoms with Gasteiger partial charge in [-0.2, -0.15) is 0 Å². The van der Waals surface area contributed by atoms with Gasteiger partial charge in [0.25, 0.3) is 5.91 Å². The molecule has 2 amide bonds. The van der Waals surface area contributed by atoms with Gasteiger partial charge in [0.15, 0.2) is 0 Å². The molecule has 0 atom stereocenters. The van der Waals surface area contributed by atoms with E-state index < -0.39 is 5.97 Å². The van der Waals surface area contributed by atoms with Crippen molar-refractivity contribution in [2.75, 3.05) is 19.6 Å². The number of carbonyl (C=O) groups excluding carboxylic acids is 2. The van der Waals surface area contributed by atoms with E-state index in [1.807, 2.05) is 0 Å². The second-order valence-corrected chi connectivity index (χ2v) is 3.99. The molecule has 7 nitrogen and oxygen atoms in total. The molecule has 2 N–H and O–H groups in total. The predicted octanol–water partition coefficient (Wildman–Crippen LogP) is -0.855. The number of hydrogen-bond acceptors (Lipinski definition) is 3. The molecule has 0 aromatic carbocycles. The number of carboxylic acids is 1. The zero-order valence-electron chi connectivity index (χ0n) is 9.63. The predicted molar refractivity (Wildman–Crippen MR) is 61.0 cm³/mol. The van der Waals surface area contributed by atoms with E-state index in [4.69, 9.17) is 5.11 Å². The highest BCUT2D eigenvalue weighted by molar-refractivity contribution is 5.96. The summed E-state index contributed by atoms with van der Waals surface area (Å²) < 4.78 is 1.36. The summed E-state index contributed by atoms with van der Waals surface area (Å²) >= 11 is 0. The van der Waals surface area contributed by atoms with E-state index in [0.29, 0.717) is 13.1 Å². The van der Waals surface area contributed by atoms with E-state index in [1.54, 1.807) is 12.1 Å². The first kappa shape index (κ1) is 12.2. The van der Waals surface area contributed by atoms with Gasteiger partial charge in [-0.3, -0.25) is 14.4 Å². The SMILES string of the molecule is O=C(O)Cn1cccc1C(=O)N1CCNC(=O)C1. The van der Waals surface area contributed by atoms with Crippen LogP contribution in [0, 0.1) is 0 Å². The largest absolute Gasteiger partial charge is 0.480 e. The zero-order valence-corrected chi connectivity index (χ0v) is 9.63. The molecule has 2 rings (SSSR count). The van der Waals surface area contributed by atoms with Gasteiger partial charge in [0, 0.05) is 19.3 Å². The molecule has 1 aliphatic heterocycles. The van der Waals surface area contributed by atoms with Gasteiger partial charge in [-0.25, -0.2) is 0 Å². The Bertz CT molecular complexity index is 494. The van der Waals surface area contributed by atoms with Crippen molar-refractivity contribution >= 4 is 17.8 Å². The Hall–Kier alpha value is -2.31. The average Bonchev–Trinajstić information content (AvgIpc) is 2.75. The van der Waals surface area contributed by atoms with E-state index in [2.05, 4.69) is 5.32 Å². The molecular weight excluding hydrogens is 238 g/mol. The second-order valence-electron chi connectivity index (χ2n) is 3.99. The monoisotopic (exact) mass is 251 g/mol. The van der Waals surface area contributed by atoms with Crippen LogP contribution in [0.25, 0.3) is 0 Å². The number of rotatable bonds is 3. The fourth-order valence-corrected chi connectivity index (χ4v) is 1.87. The van der Waals surface area contributed by atoms with E-state index in [9.17, 15) is 14.4 Å². The highest BCUT2D eigenvalue weighted by atomic mass is 16.4. The lowest BCUT2D eigenvalue weighted by atomic mass is 10.3. The maximum absolute atomic E-state index is 12.1. The van der Waals surface area contributed by atoms with E-state index in [-0.39, 0.29) is 30.6 Å². The van der Waals surface area contributed by atoms with E-state index in [0.717, 1.165) is 0 Å². The summed E-state index contributed by atoms with van der Waals surface area (Å²) in [5.41, 5.74) is 0.284. The van der Waals surface area contributed by atoms with Crippen molar-refractivity contribution in [3.05, 3.63) is 24.0 Å². The molecule has 1 aromatic rings.